The molecule has 12 heavy (non-hydrogen) atoms. The molecule has 7 heteroatoms. The van der Waals surface area contributed by atoms with Crippen molar-refractivity contribution >= 4 is 22.4 Å². The summed E-state index contributed by atoms with van der Waals surface area (Å²) in [5, 5.41) is 4.51. The third-order valence-corrected chi connectivity index (χ3v) is 1.92. The van der Waals surface area contributed by atoms with Crippen LogP contribution >= 0.6 is 12.4 Å². The van der Waals surface area contributed by atoms with Gasteiger partial charge >= 0.3 is 0 Å². The van der Waals surface area contributed by atoms with E-state index in [9.17, 15) is 8.42 Å². The molecule has 0 fully saturated rings. The maximum atomic E-state index is 10.6. The molecule has 0 saturated heterocycles. The lowest BCUT2D eigenvalue weighted by Gasteiger charge is -1.86. The Morgan fingerprint density at radius 2 is 2.08 bits per heavy atom. The number of hydrogen-bond donors (Lipinski definition) is 2. The first-order valence-electron chi connectivity index (χ1n) is 2.84. The van der Waals surface area contributed by atoms with Crippen molar-refractivity contribution in [2.75, 3.05) is 0 Å². The van der Waals surface area contributed by atoms with Gasteiger partial charge in [-0.3, -0.25) is 0 Å². The molecule has 1 heterocycles. The fourth-order valence-electron chi connectivity index (χ4n) is 0.609. The van der Waals surface area contributed by atoms with Crippen molar-refractivity contribution in [2.24, 2.45) is 10.9 Å². The highest BCUT2D eigenvalue weighted by molar-refractivity contribution is 7.89. The number of primary sulfonamides is 1. The third-order valence-electron chi connectivity index (χ3n) is 1.15. The molecule has 1 rings (SSSR count). The van der Waals surface area contributed by atoms with E-state index < -0.39 is 10.0 Å². The SMILES string of the molecule is Cl.NCc1coc(S(N)(=O)=O)c1. The van der Waals surface area contributed by atoms with Crippen LogP contribution < -0.4 is 10.9 Å². The molecule has 0 aliphatic rings. The summed E-state index contributed by atoms with van der Waals surface area (Å²) in [6, 6.07) is 1.30. The van der Waals surface area contributed by atoms with Gasteiger partial charge in [0.1, 0.15) is 0 Å². The summed E-state index contributed by atoms with van der Waals surface area (Å²) in [4.78, 5) is 0. The Bertz CT molecular complexity index is 345. The molecule has 1 aromatic rings. The molecule has 70 valence electrons. The maximum Gasteiger partial charge on any atom is 0.271 e. The number of rotatable bonds is 2. The predicted octanol–water partition coefficient (Wildman–Crippen LogP) is -0.193. The first-order valence-corrected chi connectivity index (χ1v) is 4.39. The van der Waals surface area contributed by atoms with Crippen molar-refractivity contribution in [1.29, 1.82) is 0 Å². The molecular formula is C5H9ClN2O3S. The molecule has 0 amide bonds. The van der Waals surface area contributed by atoms with Crippen LogP contribution in [0.15, 0.2) is 21.8 Å². The van der Waals surface area contributed by atoms with Gasteiger partial charge in [-0.2, -0.15) is 0 Å². The zero-order valence-corrected chi connectivity index (χ0v) is 7.69. The minimum absolute atomic E-state index is 0. The van der Waals surface area contributed by atoms with Gasteiger partial charge in [0, 0.05) is 18.2 Å². The zero-order valence-electron chi connectivity index (χ0n) is 6.06. The predicted molar refractivity (Wildman–Crippen MR) is 45.2 cm³/mol. The molecule has 0 radical (unpaired) electrons. The van der Waals surface area contributed by atoms with Crippen molar-refractivity contribution in [3.05, 3.63) is 17.9 Å². The second-order valence-electron chi connectivity index (χ2n) is 2.02. The van der Waals surface area contributed by atoms with Crippen molar-refractivity contribution in [3.63, 3.8) is 0 Å². The molecule has 0 aromatic carbocycles. The first kappa shape index (κ1) is 11.4. The second kappa shape index (κ2) is 3.90. The fourth-order valence-corrected chi connectivity index (χ4v) is 1.11. The molecule has 5 nitrogen and oxygen atoms in total. The van der Waals surface area contributed by atoms with E-state index in [1.807, 2.05) is 0 Å². The Balaban J connectivity index is 0.00000121. The topological polar surface area (TPSA) is 99.3 Å². The van der Waals surface area contributed by atoms with Crippen LogP contribution in [0.4, 0.5) is 0 Å². The summed E-state index contributed by atoms with van der Waals surface area (Å²) in [5.74, 6) is 0. The maximum absolute atomic E-state index is 10.6. The third kappa shape index (κ3) is 2.49. The highest BCUT2D eigenvalue weighted by Gasteiger charge is 2.11. The minimum Gasteiger partial charge on any atom is -0.451 e. The molecule has 0 spiro atoms. The van der Waals surface area contributed by atoms with Crippen LogP contribution in [0.3, 0.4) is 0 Å². The average Bonchev–Trinajstić information content (AvgIpc) is 2.32. The van der Waals surface area contributed by atoms with E-state index in [1.54, 1.807) is 0 Å². The number of sulfonamides is 1. The van der Waals surface area contributed by atoms with Crippen molar-refractivity contribution in [3.8, 4) is 0 Å². The summed E-state index contributed by atoms with van der Waals surface area (Å²) >= 11 is 0. The zero-order chi connectivity index (χ0) is 8.48. The normalized spacial score (nSPS) is 10.8. The van der Waals surface area contributed by atoms with Gasteiger partial charge in [0.2, 0.25) is 5.09 Å². The van der Waals surface area contributed by atoms with E-state index in [0.717, 1.165) is 0 Å². The van der Waals surface area contributed by atoms with Crippen LogP contribution in [0.1, 0.15) is 5.56 Å². The van der Waals surface area contributed by atoms with Crippen molar-refractivity contribution in [1.82, 2.24) is 0 Å². The van der Waals surface area contributed by atoms with Gasteiger partial charge in [-0.05, 0) is 0 Å². The summed E-state index contributed by atoms with van der Waals surface area (Å²) in [5.41, 5.74) is 5.82. The van der Waals surface area contributed by atoms with Crippen LogP contribution in [-0.2, 0) is 16.6 Å². The lowest BCUT2D eigenvalue weighted by molar-refractivity contribution is 0.449. The minimum atomic E-state index is -3.71. The van der Waals surface area contributed by atoms with Gasteiger partial charge in [-0.25, -0.2) is 13.6 Å². The number of nitrogens with two attached hydrogens (primary N) is 2. The Morgan fingerprint density at radius 1 is 1.50 bits per heavy atom. The van der Waals surface area contributed by atoms with E-state index >= 15 is 0 Å². The molecule has 1 aromatic heterocycles. The number of halogens is 1. The largest absolute Gasteiger partial charge is 0.451 e. The van der Waals surface area contributed by atoms with Gasteiger partial charge in [-0.15, -0.1) is 12.4 Å². The summed E-state index contributed by atoms with van der Waals surface area (Å²) < 4.78 is 25.8. The molecule has 4 N–H and O–H groups in total. The lowest BCUT2D eigenvalue weighted by Crippen LogP contribution is -2.10. The summed E-state index contributed by atoms with van der Waals surface area (Å²) in [6.45, 7) is 0.235. The van der Waals surface area contributed by atoms with Gasteiger partial charge in [0.15, 0.2) is 0 Å². The lowest BCUT2D eigenvalue weighted by atomic mass is 10.4. The molecule has 0 bridgehead atoms. The van der Waals surface area contributed by atoms with Gasteiger partial charge < -0.3 is 10.2 Å². The highest BCUT2D eigenvalue weighted by atomic mass is 35.5. The van der Waals surface area contributed by atoms with Gasteiger partial charge in [0.05, 0.1) is 6.26 Å². The van der Waals surface area contributed by atoms with Crippen LogP contribution in [-0.4, -0.2) is 8.42 Å². The van der Waals surface area contributed by atoms with Crippen LogP contribution in [0.25, 0.3) is 0 Å². The highest BCUT2D eigenvalue weighted by Crippen LogP contribution is 2.10. The molecule has 0 aliphatic heterocycles. The quantitative estimate of drug-likeness (QED) is 0.710. The number of hydrogen-bond acceptors (Lipinski definition) is 4. The van der Waals surface area contributed by atoms with E-state index in [0.29, 0.717) is 5.56 Å². The number of furan rings is 1. The Labute approximate surface area is 76.2 Å². The Morgan fingerprint density at radius 3 is 2.33 bits per heavy atom. The molecular weight excluding hydrogens is 204 g/mol. The Hall–Kier alpha value is -0.560. The smallest absolute Gasteiger partial charge is 0.271 e. The van der Waals surface area contributed by atoms with Gasteiger partial charge in [-0.1, -0.05) is 0 Å². The Kier molecular flexibility index (Phi) is 3.72. The van der Waals surface area contributed by atoms with Crippen molar-refractivity contribution in [2.45, 2.75) is 11.6 Å². The fraction of sp³-hybridized carbons (Fsp3) is 0.200. The monoisotopic (exact) mass is 212 g/mol. The van der Waals surface area contributed by atoms with Crippen LogP contribution in [0, 0.1) is 0 Å². The first-order chi connectivity index (χ1) is 5.04. The van der Waals surface area contributed by atoms with E-state index in [2.05, 4.69) is 4.42 Å². The van der Waals surface area contributed by atoms with Crippen LogP contribution in [0.2, 0.25) is 0 Å². The standard InChI is InChI=1S/C5H8N2O3S.ClH/c6-2-4-1-5(10-3-4)11(7,8)9;/h1,3H,2,6H2,(H2,7,8,9);1H. The van der Waals surface area contributed by atoms with E-state index in [1.165, 1.54) is 12.3 Å². The van der Waals surface area contributed by atoms with E-state index in [-0.39, 0.29) is 24.0 Å². The van der Waals surface area contributed by atoms with E-state index in [4.69, 9.17) is 10.9 Å². The second-order valence-corrected chi connectivity index (χ2v) is 3.52. The summed E-state index contributed by atoms with van der Waals surface area (Å²) in [7, 11) is -3.71. The van der Waals surface area contributed by atoms with Gasteiger partial charge in [0.25, 0.3) is 10.0 Å². The average molecular weight is 213 g/mol. The van der Waals surface area contributed by atoms with Crippen LogP contribution in [0.5, 0.6) is 0 Å². The molecule has 0 atom stereocenters. The van der Waals surface area contributed by atoms with Crippen molar-refractivity contribution < 1.29 is 12.8 Å². The summed E-state index contributed by atoms with van der Waals surface area (Å²) in [6.07, 6.45) is 1.26. The molecule has 0 unspecified atom stereocenters. The molecule has 0 aliphatic carbocycles. The molecule has 0 saturated carbocycles.